The zero-order chi connectivity index (χ0) is 11.7. The summed E-state index contributed by atoms with van der Waals surface area (Å²) in [5.41, 5.74) is 2.29. The van der Waals surface area contributed by atoms with Crippen molar-refractivity contribution in [3.8, 4) is 0 Å². The van der Waals surface area contributed by atoms with Crippen molar-refractivity contribution in [2.45, 2.75) is 20.8 Å². The lowest BCUT2D eigenvalue weighted by Gasteiger charge is -2.21. The van der Waals surface area contributed by atoms with Gasteiger partial charge in [0.1, 0.15) is 0 Å². The van der Waals surface area contributed by atoms with Crippen LogP contribution in [0, 0.1) is 0 Å². The Labute approximate surface area is 93.8 Å². The van der Waals surface area contributed by atoms with E-state index in [4.69, 9.17) is 0 Å². The molecule has 0 rings (SSSR count). The van der Waals surface area contributed by atoms with Gasteiger partial charge < -0.3 is 4.90 Å². The molecule has 0 spiro atoms. The molecule has 0 unspecified atom stereocenters. The minimum absolute atomic E-state index is 1.12. The molecule has 0 N–H and O–H groups in total. The monoisotopic (exact) mass is 203 g/mol. The fraction of sp³-hybridized carbons (Fsp3) is 0.286. The third kappa shape index (κ3) is 4.50. The Bertz CT molecular complexity index is 303. The number of allylic oxidation sites excluding steroid dienone is 7. The van der Waals surface area contributed by atoms with Gasteiger partial charge in [0.25, 0.3) is 0 Å². The van der Waals surface area contributed by atoms with Crippen LogP contribution >= 0.6 is 0 Å². The van der Waals surface area contributed by atoms with Crippen LogP contribution in [-0.4, -0.2) is 11.9 Å². The van der Waals surface area contributed by atoms with Gasteiger partial charge >= 0.3 is 0 Å². The minimum Gasteiger partial charge on any atom is -0.345 e. The van der Waals surface area contributed by atoms with Crippen molar-refractivity contribution in [2.24, 2.45) is 0 Å². The van der Waals surface area contributed by atoms with Gasteiger partial charge in [0.05, 0.1) is 0 Å². The highest BCUT2D eigenvalue weighted by molar-refractivity contribution is 5.29. The molecule has 0 aromatic heterocycles. The zero-order valence-corrected chi connectivity index (χ0v) is 10.2. The molecule has 0 saturated heterocycles. The number of rotatable bonds is 5. The van der Waals surface area contributed by atoms with E-state index in [1.165, 1.54) is 5.70 Å². The van der Waals surface area contributed by atoms with E-state index in [2.05, 4.69) is 29.7 Å². The number of nitrogens with zero attached hydrogens (tertiary/aromatic N) is 1. The van der Waals surface area contributed by atoms with Crippen LogP contribution in [0.4, 0.5) is 0 Å². The second-order valence-corrected chi connectivity index (χ2v) is 3.10. The molecule has 0 aromatic carbocycles. The molecule has 0 aliphatic heterocycles. The first-order valence-electron chi connectivity index (χ1n) is 5.19. The highest BCUT2D eigenvalue weighted by atomic mass is 15.1. The Hall–Kier alpha value is -1.50. The van der Waals surface area contributed by atoms with Gasteiger partial charge in [-0.1, -0.05) is 30.9 Å². The molecule has 0 radical (unpaired) electrons. The van der Waals surface area contributed by atoms with E-state index in [0.29, 0.717) is 0 Å². The summed E-state index contributed by atoms with van der Waals surface area (Å²) < 4.78 is 0. The molecule has 0 aromatic rings. The lowest BCUT2D eigenvalue weighted by Crippen LogP contribution is -2.14. The maximum atomic E-state index is 3.72. The van der Waals surface area contributed by atoms with Gasteiger partial charge in [-0.15, -0.1) is 0 Å². The van der Waals surface area contributed by atoms with E-state index in [0.717, 1.165) is 5.70 Å². The molecule has 0 aliphatic rings. The van der Waals surface area contributed by atoms with E-state index >= 15 is 0 Å². The average molecular weight is 203 g/mol. The van der Waals surface area contributed by atoms with Crippen LogP contribution in [0.25, 0.3) is 0 Å². The lowest BCUT2D eigenvalue weighted by molar-refractivity contribution is 0.552. The van der Waals surface area contributed by atoms with Crippen LogP contribution in [0.3, 0.4) is 0 Å². The SMILES string of the molecule is C=C/C=C(\C=C/C)N(C)C(/C=C\C)=C/C. The normalized spacial score (nSPS) is 13.9. The van der Waals surface area contributed by atoms with Crippen molar-refractivity contribution in [2.75, 3.05) is 7.05 Å². The number of likely N-dealkylation sites (N-methyl/N-ethyl adjacent to an activating group) is 1. The topological polar surface area (TPSA) is 3.24 Å². The first-order chi connectivity index (χ1) is 7.21. The molecule has 1 heteroatoms. The summed E-state index contributed by atoms with van der Waals surface area (Å²) in [7, 11) is 2.05. The molecule has 82 valence electrons. The summed E-state index contributed by atoms with van der Waals surface area (Å²) in [6.07, 6.45) is 14.1. The molecule has 0 saturated carbocycles. The fourth-order valence-electron chi connectivity index (χ4n) is 1.29. The first kappa shape index (κ1) is 13.5. The highest BCUT2D eigenvalue weighted by Gasteiger charge is 2.02. The Kier molecular flexibility index (Phi) is 7.08. The Morgan fingerprint density at radius 3 is 1.93 bits per heavy atom. The third-order valence-electron chi connectivity index (χ3n) is 2.03. The largest absolute Gasteiger partial charge is 0.345 e. The van der Waals surface area contributed by atoms with Crippen LogP contribution < -0.4 is 0 Å². The standard InChI is InChI=1S/C14H21N/c1-6-10-13(9-4)15(5)14(11-7-2)12-8-3/h6-12H,2H2,1,3-5H3/b10-6-,12-8-,13-9+,14-11+. The lowest BCUT2D eigenvalue weighted by atomic mass is 10.2. The molecular formula is C14H21N. The highest BCUT2D eigenvalue weighted by Crippen LogP contribution is 2.13. The maximum absolute atomic E-state index is 3.72. The van der Waals surface area contributed by atoms with Crippen LogP contribution in [0.5, 0.6) is 0 Å². The van der Waals surface area contributed by atoms with Crippen molar-refractivity contribution < 1.29 is 0 Å². The smallest absolute Gasteiger partial charge is 0.0404 e. The number of hydrogen-bond donors (Lipinski definition) is 0. The maximum Gasteiger partial charge on any atom is 0.0404 e. The predicted molar refractivity (Wildman–Crippen MR) is 69.4 cm³/mol. The first-order valence-corrected chi connectivity index (χ1v) is 5.19. The summed E-state index contributed by atoms with van der Waals surface area (Å²) in [6.45, 7) is 9.78. The van der Waals surface area contributed by atoms with Gasteiger partial charge in [-0.3, -0.25) is 0 Å². The van der Waals surface area contributed by atoms with Gasteiger partial charge in [-0.05, 0) is 39.0 Å². The molecule has 1 nitrogen and oxygen atoms in total. The Morgan fingerprint density at radius 1 is 1.00 bits per heavy atom. The second-order valence-electron chi connectivity index (χ2n) is 3.10. The fourth-order valence-corrected chi connectivity index (χ4v) is 1.29. The van der Waals surface area contributed by atoms with E-state index in [1.54, 1.807) is 6.08 Å². The van der Waals surface area contributed by atoms with Crippen molar-refractivity contribution in [3.63, 3.8) is 0 Å². The van der Waals surface area contributed by atoms with Crippen molar-refractivity contribution >= 4 is 0 Å². The summed E-state index contributed by atoms with van der Waals surface area (Å²) in [6, 6.07) is 0. The average Bonchev–Trinajstić information content (AvgIpc) is 2.24. The Morgan fingerprint density at radius 2 is 1.53 bits per heavy atom. The molecule has 0 atom stereocenters. The summed E-state index contributed by atoms with van der Waals surface area (Å²) in [4.78, 5) is 2.13. The minimum atomic E-state index is 1.12. The third-order valence-corrected chi connectivity index (χ3v) is 2.03. The zero-order valence-electron chi connectivity index (χ0n) is 10.2. The number of hydrogen-bond acceptors (Lipinski definition) is 1. The Balaban J connectivity index is 5.00. The predicted octanol–water partition coefficient (Wildman–Crippen LogP) is 4.04. The second kappa shape index (κ2) is 7.86. The van der Waals surface area contributed by atoms with Crippen molar-refractivity contribution in [3.05, 3.63) is 60.5 Å². The molecule has 0 fully saturated rings. The van der Waals surface area contributed by atoms with E-state index in [9.17, 15) is 0 Å². The van der Waals surface area contributed by atoms with Crippen LogP contribution in [0.2, 0.25) is 0 Å². The summed E-state index contributed by atoms with van der Waals surface area (Å²) >= 11 is 0. The van der Waals surface area contributed by atoms with Gasteiger partial charge in [0.15, 0.2) is 0 Å². The molecule has 0 amide bonds. The molecule has 15 heavy (non-hydrogen) atoms. The van der Waals surface area contributed by atoms with Gasteiger partial charge in [0, 0.05) is 18.4 Å². The van der Waals surface area contributed by atoms with Gasteiger partial charge in [-0.2, -0.15) is 0 Å². The molecule has 0 bridgehead atoms. The molecular weight excluding hydrogens is 182 g/mol. The van der Waals surface area contributed by atoms with E-state index in [1.807, 2.05) is 46.0 Å². The van der Waals surface area contributed by atoms with Crippen LogP contribution in [-0.2, 0) is 0 Å². The quantitative estimate of drug-likeness (QED) is 0.609. The molecule has 0 heterocycles. The van der Waals surface area contributed by atoms with Gasteiger partial charge in [0.2, 0.25) is 0 Å². The van der Waals surface area contributed by atoms with E-state index in [-0.39, 0.29) is 0 Å². The molecule has 0 aliphatic carbocycles. The van der Waals surface area contributed by atoms with Crippen molar-refractivity contribution in [1.29, 1.82) is 0 Å². The van der Waals surface area contributed by atoms with Crippen LogP contribution in [0.1, 0.15) is 20.8 Å². The van der Waals surface area contributed by atoms with Crippen molar-refractivity contribution in [1.82, 2.24) is 4.90 Å². The summed E-state index contributed by atoms with van der Waals surface area (Å²) in [5.74, 6) is 0. The summed E-state index contributed by atoms with van der Waals surface area (Å²) in [5, 5.41) is 0. The van der Waals surface area contributed by atoms with Crippen LogP contribution in [0.15, 0.2) is 60.5 Å². The van der Waals surface area contributed by atoms with Gasteiger partial charge in [-0.25, -0.2) is 0 Å². The van der Waals surface area contributed by atoms with E-state index < -0.39 is 0 Å².